The Kier molecular flexibility index (Phi) is 8.05. The number of carbonyl (C=O) groups is 2. The van der Waals surface area contributed by atoms with Crippen LogP contribution in [0, 0.1) is 0 Å². The first-order valence-corrected chi connectivity index (χ1v) is 12.9. The zero-order valence-electron chi connectivity index (χ0n) is 22.5. The van der Waals surface area contributed by atoms with Crippen molar-refractivity contribution < 1.29 is 24.2 Å². The number of rotatable bonds is 9. The molecule has 0 aromatic heterocycles. The van der Waals surface area contributed by atoms with Gasteiger partial charge < -0.3 is 19.5 Å². The quantitative estimate of drug-likeness (QED) is 0.216. The van der Waals surface area contributed by atoms with Gasteiger partial charge in [0, 0.05) is 30.0 Å². The van der Waals surface area contributed by atoms with Crippen molar-refractivity contribution in [3.63, 3.8) is 0 Å². The van der Waals surface area contributed by atoms with E-state index in [2.05, 4.69) is 18.7 Å². The van der Waals surface area contributed by atoms with Crippen LogP contribution < -0.4 is 19.3 Å². The minimum absolute atomic E-state index is 0.0229. The SMILES string of the molecule is CCN(CC)c1ccc(N2C(=O)C(=O)/C(=C(\O)c3cccc(OC(C)C)c3)C2c2ccc(OC)cc2)cc1. The molecule has 1 saturated heterocycles. The Balaban J connectivity index is 1.85. The zero-order chi connectivity index (χ0) is 27.4. The van der Waals surface area contributed by atoms with Crippen LogP contribution in [0.2, 0.25) is 0 Å². The molecular formula is C31H34N2O5. The summed E-state index contributed by atoms with van der Waals surface area (Å²) in [5, 5.41) is 11.4. The predicted molar refractivity (Wildman–Crippen MR) is 150 cm³/mol. The maximum absolute atomic E-state index is 13.5. The number of hydrogen-bond donors (Lipinski definition) is 1. The topological polar surface area (TPSA) is 79.3 Å². The second-order valence-corrected chi connectivity index (χ2v) is 9.33. The van der Waals surface area contributed by atoms with Crippen LogP contribution in [-0.4, -0.2) is 43.1 Å². The van der Waals surface area contributed by atoms with Crippen molar-refractivity contribution in [1.29, 1.82) is 0 Å². The van der Waals surface area contributed by atoms with Gasteiger partial charge in [-0.25, -0.2) is 0 Å². The molecule has 4 rings (SSSR count). The minimum Gasteiger partial charge on any atom is -0.507 e. The molecular weight excluding hydrogens is 480 g/mol. The highest BCUT2D eigenvalue weighted by atomic mass is 16.5. The van der Waals surface area contributed by atoms with Gasteiger partial charge in [-0.1, -0.05) is 24.3 Å². The summed E-state index contributed by atoms with van der Waals surface area (Å²) in [6.07, 6.45) is -0.0587. The summed E-state index contributed by atoms with van der Waals surface area (Å²) < 4.78 is 11.1. The van der Waals surface area contributed by atoms with Gasteiger partial charge in [-0.05, 0) is 81.8 Å². The first kappa shape index (κ1) is 26.8. The lowest BCUT2D eigenvalue weighted by Crippen LogP contribution is -2.29. The molecule has 1 aliphatic rings. The van der Waals surface area contributed by atoms with Gasteiger partial charge in [0.2, 0.25) is 0 Å². The zero-order valence-corrected chi connectivity index (χ0v) is 22.5. The van der Waals surface area contributed by atoms with Crippen LogP contribution in [0.3, 0.4) is 0 Å². The molecule has 1 amide bonds. The highest BCUT2D eigenvalue weighted by molar-refractivity contribution is 6.51. The molecule has 3 aromatic rings. The molecule has 0 saturated carbocycles. The summed E-state index contributed by atoms with van der Waals surface area (Å²) >= 11 is 0. The fourth-order valence-electron chi connectivity index (χ4n) is 4.76. The van der Waals surface area contributed by atoms with E-state index in [0.29, 0.717) is 28.3 Å². The molecule has 0 spiro atoms. The monoisotopic (exact) mass is 514 g/mol. The van der Waals surface area contributed by atoms with Crippen LogP contribution in [0.5, 0.6) is 11.5 Å². The van der Waals surface area contributed by atoms with Crippen molar-refractivity contribution in [3.05, 3.63) is 89.5 Å². The molecule has 38 heavy (non-hydrogen) atoms. The minimum atomic E-state index is -0.824. The number of methoxy groups -OCH3 is 1. The van der Waals surface area contributed by atoms with E-state index in [0.717, 1.165) is 18.8 Å². The fourth-order valence-corrected chi connectivity index (χ4v) is 4.76. The number of Topliss-reactive ketones (excluding diaryl/α,β-unsaturated/α-hetero) is 1. The smallest absolute Gasteiger partial charge is 0.300 e. The van der Waals surface area contributed by atoms with Crippen LogP contribution in [0.15, 0.2) is 78.4 Å². The summed E-state index contributed by atoms with van der Waals surface area (Å²) in [5.41, 5.74) is 2.69. The number of benzene rings is 3. The first-order valence-electron chi connectivity index (χ1n) is 12.9. The van der Waals surface area contributed by atoms with Crippen LogP contribution in [0.4, 0.5) is 11.4 Å². The third-order valence-corrected chi connectivity index (χ3v) is 6.61. The molecule has 0 aliphatic carbocycles. The second-order valence-electron chi connectivity index (χ2n) is 9.33. The van der Waals surface area contributed by atoms with Gasteiger partial charge in [0.1, 0.15) is 17.3 Å². The average Bonchev–Trinajstić information content (AvgIpc) is 3.19. The Morgan fingerprint density at radius 2 is 1.61 bits per heavy atom. The second kappa shape index (κ2) is 11.4. The molecule has 1 N–H and O–H groups in total. The van der Waals surface area contributed by atoms with E-state index in [1.807, 2.05) is 38.1 Å². The van der Waals surface area contributed by atoms with Crippen LogP contribution in [0.25, 0.3) is 5.76 Å². The van der Waals surface area contributed by atoms with Gasteiger partial charge in [-0.2, -0.15) is 0 Å². The van der Waals surface area contributed by atoms with Gasteiger partial charge in [0.15, 0.2) is 0 Å². The number of aliphatic hydroxyl groups excluding tert-OH is 1. The van der Waals surface area contributed by atoms with Crippen molar-refractivity contribution >= 4 is 28.8 Å². The molecule has 0 radical (unpaired) electrons. The number of amides is 1. The third kappa shape index (κ3) is 5.23. The number of ether oxygens (including phenoxy) is 2. The summed E-state index contributed by atoms with van der Waals surface area (Å²) in [7, 11) is 1.57. The van der Waals surface area contributed by atoms with E-state index in [-0.39, 0.29) is 17.4 Å². The maximum atomic E-state index is 13.5. The summed E-state index contributed by atoms with van der Waals surface area (Å²) in [4.78, 5) is 30.6. The molecule has 1 fully saturated rings. The van der Waals surface area contributed by atoms with E-state index in [4.69, 9.17) is 9.47 Å². The Morgan fingerprint density at radius 1 is 0.947 bits per heavy atom. The lowest BCUT2D eigenvalue weighted by Gasteiger charge is -2.27. The van der Waals surface area contributed by atoms with E-state index in [1.54, 1.807) is 55.6 Å². The standard InChI is InChI=1S/C31H34N2O5/c1-6-32(7-2)23-13-15-24(16-14-23)33-28(21-11-17-25(37-5)18-12-21)27(30(35)31(33)36)29(34)22-9-8-10-26(19-22)38-20(3)4/h8-20,28,34H,6-7H2,1-5H3/b29-27-. The number of anilines is 2. The van der Waals surface area contributed by atoms with Crippen molar-refractivity contribution in [2.45, 2.75) is 39.8 Å². The third-order valence-electron chi connectivity index (χ3n) is 6.61. The number of ketones is 1. The average molecular weight is 515 g/mol. The van der Waals surface area contributed by atoms with E-state index in [1.165, 1.54) is 4.90 Å². The highest BCUT2D eigenvalue weighted by Gasteiger charge is 2.47. The Morgan fingerprint density at radius 3 is 2.18 bits per heavy atom. The van der Waals surface area contributed by atoms with Crippen molar-refractivity contribution in [2.75, 3.05) is 30.0 Å². The molecule has 7 nitrogen and oxygen atoms in total. The largest absolute Gasteiger partial charge is 0.507 e. The molecule has 1 atom stereocenters. The summed E-state index contributed by atoms with van der Waals surface area (Å²) in [6, 6.07) is 20.8. The summed E-state index contributed by atoms with van der Waals surface area (Å²) in [5.74, 6) is -0.483. The Labute approximate surface area is 223 Å². The van der Waals surface area contributed by atoms with Crippen LogP contribution in [0.1, 0.15) is 44.9 Å². The number of nitrogens with zero attached hydrogens (tertiary/aromatic N) is 2. The van der Waals surface area contributed by atoms with Gasteiger partial charge in [0.25, 0.3) is 11.7 Å². The molecule has 198 valence electrons. The van der Waals surface area contributed by atoms with E-state index >= 15 is 0 Å². The van der Waals surface area contributed by atoms with Crippen molar-refractivity contribution in [1.82, 2.24) is 0 Å². The number of carbonyl (C=O) groups excluding carboxylic acids is 2. The maximum Gasteiger partial charge on any atom is 0.300 e. The first-order chi connectivity index (χ1) is 18.3. The van der Waals surface area contributed by atoms with Gasteiger partial charge in [0.05, 0.1) is 24.8 Å². The predicted octanol–water partition coefficient (Wildman–Crippen LogP) is 5.95. The van der Waals surface area contributed by atoms with E-state index < -0.39 is 17.7 Å². The number of hydrogen-bond acceptors (Lipinski definition) is 6. The molecule has 3 aromatic carbocycles. The van der Waals surface area contributed by atoms with Crippen molar-refractivity contribution in [2.24, 2.45) is 0 Å². The van der Waals surface area contributed by atoms with Gasteiger partial charge in [-0.15, -0.1) is 0 Å². The van der Waals surface area contributed by atoms with E-state index in [9.17, 15) is 14.7 Å². The lowest BCUT2D eigenvalue weighted by molar-refractivity contribution is -0.132. The van der Waals surface area contributed by atoms with Gasteiger partial charge in [-0.3, -0.25) is 14.5 Å². The lowest BCUT2D eigenvalue weighted by atomic mass is 9.95. The molecule has 1 heterocycles. The molecule has 0 bridgehead atoms. The van der Waals surface area contributed by atoms with Crippen LogP contribution >= 0.6 is 0 Å². The highest BCUT2D eigenvalue weighted by Crippen LogP contribution is 2.43. The fraction of sp³-hybridized carbons (Fsp3) is 0.290. The normalized spacial score (nSPS) is 16.7. The molecule has 7 heteroatoms. The summed E-state index contributed by atoms with van der Waals surface area (Å²) in [6.45, 7) is 9.69. The molecule has 1 unspecified atom stereocenters. The molecule has 1 aliphatic heterocycles. The number of aliphatic hydroxyl groups is 1. The van der Waals surface area contributed by atoms with Crippen molar-refractivity contribution in [3.8, 4) is 11.5 Å². The Hall–Kier alpha value is -4.26. The Bertz CT molecular complexity index is 1330. The van der Waals surface area contributed by atoms with Crippen LogP contribution in [-0.2, 0) is 9.59 Å². The van der Waals surface area contributed by atoms with Gasteiger partial charge >= 0.3 is 0 Å².